The van der Waals surface area contributed by atoms with Crippen LogP contribution in [0.15, 0.2) is 24.4 Å². The summed E-state index contributed by atoms with van der Waals surface area (Å²) in [5.74, 6) is 0.321. The van der Waals surface area contributed by atoms with Crippen LogP contribution in [0.5, 0.6) is 0 Å². The molecule has 2 aromatic rings. The predicted molar refractivity (Wildman–Crippen MR) is 84.5 cm³/mol. The van der Waals surface area contributed by atoms with Gasteiger partial charge in [0.1, 0.15) is 6.10 Å². The van der Waals surface area contributed by atoms with Crippen molar-refractivity contribution in [1.29, 1.82) is 0 Å². The van der Waals surface area contributed by atoms with Crippen molar-refractivity contribution < 1.29 is 9.53 Å². The van der Waals surface area contributed by atoms with Crippen molar-refractivity contribution in [3.8, 4) is 0 Å². The molecule has 1 saturated carbocycles. The summed E-state index contributed by atoms with van der Waals surface area (Å²) >= 11 is 0. The molecule has 1 aromatic heterocycles. The molecule has 0 spiro atoms. The Morgan fingerprint density at radius 2 is 2.05 bits per heavy atom. The van der Waals surface area contributed by atoms with Crippen molar-refractivity contribution in [3.05, 3.63) is 35.5 Å². The minimum atomic E-state index is -0.206. The number of ether oxygens (including phenoxy) is 1. The number of hydrogen-bond donors (Lipinski definition) is 1. The van der Waals surface area contributed by atoms with E-state index in [0.29, 0.717) is 11.5 Å². The van der Waals surface area contributed by atoms with E-state index in [2.05, 4.69) is 11.9 Å². The molecule has 1 fully saturated rings. The lowest BCUT2D eigenvalue weighted by molar-refractivity contribution is 0.0141. The Morgan fingerprint density at radius 3 is 2.81 bits per heavy atom. The van der Waals surface area contributed by atoms with Gasteiger partial charge in [0.05, 0.1) is 5.56 Å². The van der Waals surface area contributed by atoms with Crippen LogP contribution in [0.1, 0.15) is 54.9 Å². The molecule has 0 saturated heterocycles. The number of carbonyl (C=O) groups is 1. The number of rotatable bonds is 3. The van der Waals surface area contributed by atoms with Crippen LogP contribution in [0.2, 0.25) is 0 Å². The number of benzene rings is 1. The van der Waals surface area contributed by atoms with Gasteiger partial charge >= 0.3 is 5.97 Å². The first-order valence-electron chi connectivity index (χ1n) is 7.94. The molecule has 1 N–H and O–H groups in total. The first-order chi connectivity index (χ1) is 10.1. The van der Waals surface area contributed by atoms with Crippen molar-refractivity contribution in [1.82, 2.24) is 4.98 Å². The van der Waals surface area contributed by atoms with E-state index in [1.54, 1.807) is 0 Å². The molecule has 1 unspecified atom stereocenters. The number of carbonyl (C=O) groups excluding carboxylic acids is 1. The lowest BCUT2D eigenvalue weighted by atomic mass is 9.86. The van der Waals surface area contributed by atoms with Crippen LogP contribution in [0.3, 0.4) is 0 Å². The lowest BCUT2D eigenvalue weighted by Crippen LogP contribution is -2.25. The number of fused-ring (bicyclic) bond motifs is 1. The van der Waals surface area contributed by atoms with E-state index in [4.69, 9.17) is 4.74 Å². The van der Waals surface area contributed by atoms with Gasteiger partial charge in [-0.05, 0) is 50.3 Å². The second kappa shape index (κ2) is 5.92. The van der Waals surface area contributed by atoms with Gasteiger partial charge in [0, 0.05) is 17.1 Å². The molecule has 0 amide bonds. The molecule has 3 heteroatoms. The maximum atomic E-state index is 12.3. The maximum Gasteiger partial charge on any atom is 0.338 e. The first-order valence-corrected chi connectivity index (χ1v) is 7.94. The average molecular weight is 285 g/mol. The van der Waals surface area contributed by atoms with E-state index in [1.807, 2.05) is 31.3 Å². The van der Waals surface area contributed by atoms with Crippen molar-refractivity contribution >= 4 is 16.9 Å². The van der Waals surface area contributed by atoms with Gasteiger partial charge in [-0.3, -0.25) is 0 Å². The van der Waals surface area contributed by atoms with Crippen LogP contribution < -0.4 is 0 Å². The van der Waals surface area contributed by atoms with E-state index in [0.717, 1.165) is 10.9 Å². The fraction of sp³-hybridized carbons (Fsp3) is 0.500. The van der Waals surface area contributed by atoms with Crippen LogP contribution >= 0.6 is 0 Å². The molecule has 1 atom stereocenters. The summed E-state index contributed by atoms with van der Waals surface area (Å²) in [7, 11) is 0. The van der Waals surface area contributed by atoms with Gasteiger partial charge in [0.25, 0.3) is 0 Å². The highest BCUT2D eigenvalue weighted by molar-refractivity contribution is 5.95. The van der Waals surface area contributed by atoms with E-state index < -0.39 is 0 Å². The normalized spacial score (nSPS) is 17.8. The van der Waals surface area contributed by atoms with Crippen LogP contribution in [-0.2, 0) is 4.74 Å². The molecule has 112 valence electrons. The molecule has 1 heterocycles. The molecule has 3 nitrogen and oxygen atoms in total. The molecule has 1 aromatic carbocycles. The fourth-order valence-corrected chi connectivity index (χ4v) is 3.33. The predicted octanol–water partition coefficient (Wildman–Crippen LogP) is 4.60. The third-order valence-electron chi connectivity index (χ3n) is 4.73. The minimum absolute atomic E-state index is 0.0128. The Kier molecular flexibility index (Phi) is 4.00. The summed E-state index contributed by atoms with van der Waals surface area (Å²) in [5.41, 5.74) is 2.82. The number of aromatic nitrogens is 1. The van der Waals surface area contributed by atoms with Crippen molar-refractivity contribution in [3.63, 3.8) is 0 Å². The van der Waals surface area contributed by atoms with Gasteiger partial charge in [0.2, 0.25) is 0 Å². The highest BCUT2D eigenvalue weighted by atomic mass is 16.5. The summed E-state index contributed by atoms with van der Waals surface area (Å²) in [6.45, 7) is 4.09. The molecular formula is C18H23NO2. The molecular weight excluding hydrogens is 262 g/mol. The fourth-order valence-electron chi connectivity index (χ4n) is 3.33. The Bertz CT molecular complexity index is 638. The number of aromatic amines is 1. The third kappa shape index (κ3) is 2.97. The molecule has 3 rings (SSSR count). The number of esters is 1. The van der Waals surface area contributed by atoms with Crippen molar-refractivity contribution in [2.45, 2.75) is 52.1 Å². The van der Waals surface area contributed by atoms with Crippen LogP contribution in [-0.4, -0.2) is 17.1 Å². The van der Waals surface area contributed by atoms with Crippen LogP contribution in [0.4, 0.5) is 0 Å². The standard InChI is InChI=1S/C18H23NO2/c1-12-11-19-17-10-15(8-9-16(12)17)18(20)21-13(2)14-6-4-3-5-7-14/h8-11,13-14,19H,3-7H2,1-2H3. The molecule has 0 radical (unpaired) electrons. The molecule has 1 aliphatic carbocycles. The summed E-state index contributed by atoms with van der Waals surface area (Å²) in [6, 6.07) is 5.74. The number of aryl methyl sites for hydroxylation is 1. The smallest absolute Gasteiger partial charge is 0.338 e. The van der Waals surface area contributed by atoms with Crippen LogP contribution in [0, 0.1) is 12.8 Å². The highest BCUT2D eigenvalue weighted by Crippen LogP contribution is 2.28. The second-order valence-corrected chi connectivity index (χ2v) is 6.24. The maximum absolute atomic E-state index is 12.3. The van der Waals surface area contributed by atoms with Gasteiger partial charge in [0.15, 0.2) is 0 Å². The van der Waals surface area contributed by atoms with Gasteiger partial charge in [-0.25, -0.2) is 4.79 Å². The summed E-state index contributed by atoms with van der Waals surface area (Å²) in [4.78, 5) is 15.5. The van der Waals surface area contributed by atoms with E-state index in [9.17, 15) is 4.79 Å². The second-order valence-electron chi connectivity index (χ2n) is 6.24. The molecule has 0 bridgehead atoms. The van der Waals surface area contributed by atoms with Crippen molar-refractivity contribution in [2.75, 3.05) is 0 Å². The Labute approximate surface area is 125 Å². The highest BCUT2D eigenvalue weighted by Gasteiger charge is 2.23. The Hall–Kier alpha value is -1.77. The minimum Gasteiger partial charge on any atom is -0.459 e. The number of hydrogen-bond acceptors (Lipinski definition) is 2. The quantitative estimate of drug-likeness (QED) is 0.837. The van der Waals surface area contributed by atoms with Crippen LogP contribution in [0.25, 0.3) is 10.9 Å². The van der Waals surface area contributed by atoms with E-state index in [1.165, 1.54) is 37.7 Å². The van der Waals surface area contributed by atoms with Gasteiger partial charge in [-0.1, -0.05) is 25.3 Å². The lowest BCUT2D eigenvalue weighted by Gasteiger charge is -2.27. The first kappa shape index (κ1) is 14.2. The molecule has 1 aliphatic rings. The molecule has 0 aliphatic heterocycles. The summed E-state index contributed by atoms with van der Waals surface area (Å²) in [5, 5.41) is 1.16. The van der Waals surface area contributed by atoms with Gasteiger partial charge in [-0.2, -0.15) is 0 Å². The molecule has 21 heavy (non-hydrogen) atoms. The monoisotopic (exact) mass is 285 g/mol. The zero-order valence-electron chi connectivity index (χ0n) is 12.8. The van der Waals surface area contributed by atoms with Gasteiger partial charge < -0.3 is 9.72 Å². The van der Waals surface area contributed by atoms with E-state index >= 15 is 0 Å². The third-order valence-corrected chi connectivity index (χ3v) is 4.73. The number of nitrogens with one attached hydrogen (secondary N) is 1. The van der Waals surface area contributed by atoms with E-state index in [-0.39, 0.29) is 12.1 Å². The topological polar surface area (TPSA) is 42.1 Å². The zero-order valence-corrected chi connectivity index (χ0v) is 12.8. The Morgan fingerprint density at radius 1 is 1.29 bits per heavy atom. The SMILES string of the molecule is Cc1c[nH]c2cc(C(=O)OC(C)C3CCCCC3)ccc12. The number of H-pyrrole nitrogens is 1. The van der Waals surface area contributed by atoms with Gasteiger partial charge in [-0.15, -0.1) is 0 Å². The summed E-state index contributed by atoms with van der Waals surface area (Å²) < 4.78 is 5.68. The summed E-state index contributed by atoms with van der Waals surface area (Å²) in [6.07, 6.45) is 8.19. The average Bonchev–Trinajstić information content (AvgIpc) is 2.89. The Balaban J connectivity index is 1.71. The van der Waals surface area contributed by atoms with Crippen molar-refractivity contribution in [2.24, 2.45) is 5.92 Å². The zero-order chi connectivity index (χ0) is 14.8. The largest absolute Gasteiger partial charge is 0.459 e.